The highest BCUT2D eigenvalue weighted by molar-refractivity contribution is 7.99. The lowest BCUT2D eigenvalue weighted by atomic mass is 10.1. The maximum absolute atomic E-state index is 12.6. The van der Waals surface area contributed by atoms with E-state index in [2.05, 4.69) is 10.6 Å². The van der Waals surface area contributed by atoms with Crippen molar-refractivity contribution >= 4 is 29.3 Å². The SMILES string of the molecule is CC(=O)Nc1cc(C(=O)NCc2ccc(C)cc2)ccc1Sc1ccc(C)cc1. The monoisotopic (exact) mass is 404 g/mol. The lowest BCUT2D eigenvalue weighted by Crippen LogP contribution is -2.23. The lowest BCUT2D eigenvalue weighted by molar-refractivity contribution is -0.114. The van der Waals surface area contributed by atoms with Gasteiger partial charge in [-0.3, -0.25) is 9.59 Å². The topological polar surface area (TPSA) is 58.2 Å². The molecule has 0 fully saturated rings. The molecule has 0 aliphatic carbocycles. The summed E-state index contributed by atoms with van der Waals surface area (Å²) in [6, 6.07) is 21.6. The standard InChI is InChI=1S/C24H24N2O2S/c1-16-4-8-19(9-5-16)15-25-24(28)20-10-13-23(22(14-20)26-18(3)27)29-21-11-6-17(2)7-12-21/h4-14H,15H2,1-3H3,(H,25,28)(H,26,27). The molecule has 3 rings (SSSR count). The van der Waals surface area contributed by atoms with Crippen molar-refractivity contribution in [3.63, 3.8) is 0 Å². The van der Waals surface area contributed by atoms with Crippen molar-refractivity contribution in [1.82, 2.24) is 5.32 Å². The van der Waals surface area contributed by atoms with Gasteiger partial charge in [-0.1, -0.05) is 59.3 Å². The zero-order chi connectivity index (χ0) is 20.8. The molecule has 0 saturated heterocycles. The summed E-state index contributed by atoms with van der Waals surface area (Å²) in [7, 11) is 0. The van der Waals surface area contributed by atoms with Crippen LogP contribution in [0.4, 0.5) is 5.69 Å². The molecule has 4 nitrogen and oxygen atoms in total. The second-order valence-corrected chi connectivity index (χ2v) is 8.09. The largest absolute Gasteiger partial charge is 0.348 e. The zero-order valence-corrected chi connectivity index (χ0v) is 17.6. The Hall–Kier alpha value is -3.05. The van der Waals surface area contributed by atoms with Crippen LogP contribution in [-0.4, -0.2) is 11.8 Å². The smallest absolute Gasteiger partial charge is 0.251 e. The van der Waals surface area contributed by atoms with E-state index >= 15 is 0 Å². The summed E-state index contributed by atoms with van der Waals surface area (Å²) < 4.78 is 0. The van der Waals surface area contributed by atoms with Crippen LogP contribution in [0.15, 0.2) is 76.5 Å². The minimum absolute atomic E-state index is 0.173. The van der Waals surface area contributed by atoms with Crippen LogP contribution in [0.1, 0.15) is 34.0 Å². The van der Waals surface area contributed by atoms with Gasteiger partial charge in [0.25, 0.3) is 5.91 Å². The van der Waals surface area contributed by atoms with E-state index in [9.17, 15) is 9.59 Å². The average Bonchev–Trinajstić information content (AvgIpc) is 2.70. The molecule has 0 radical (unpaired) electrons. The quantitative estimate of drug-likeness (QED) is 0.583. The Kier molecular flexibility index (Phi) is 6.73. The van der Waals surface area contributed by atoms with Gasteiger partial charge in [0.05, 0.1) is 5.69 Å². The lowest BCUT2D eigenvalue weighted by Gasteiger charge is -2.12. The van der Waals surface area contributed by atoms with Crippen LogP contribution in [0.25, 0.3) is 0 Å². The van der Waals surface area contributed by atoms with E-state index < -0.39 is 0 Å². The highest BCUT2D eigenvalue weighted by Gasteiger charge is 2.12. The number of hydrogen-bond acceptors (Lipinski definition) is 3. The van der Waals surface area contributed by atoms with Gasteiger partial charge in [0.15, 0.2) is 0 Å². The molecule has 2 amide bonds. The molecule has 0 aliphatic rings. The molecule has 0 spiro atoms. The van der Waals surface area contributed by atoms with E-state index in [1.807, 2.05) is 68.4 Å². The fraction of sp³-hybridized carbons (Fsp3) is 0.167. The number of rotatable bonds is 6. The van der Waals surface area contributed by atoms with E-state index in [0.29, 0.717) is 17.8 Å². The molecular formula is C24H24N2O2S. The molecule has 0 unspecified atom stereocenters. The zero-order valence-electron chi connectivity index (χ0n) is 16.8. The summed E-state index contributed by atoms with van der Waals surface area (Å²) >= 11 is 1.55. The van der Waals surface area contributed by atoms with Crippen LogP contribution in [0.3, 0.4) is 0 Å². The number of amides is 2. The maximum Gasteiger partial charge on any atom is 0.251 e. The molecule has 0 bridgehead atoms. The fourth-order valence-electron chi connectivity index (χ4n) is 2.77. The first kappa shape index (κ1) is 20.7. The minimum atomic E-state index is -0.177. The van der Waals surface area contributed by atoms with Crippen molar-refractivity contribution in [3.05, 3.63) is 89.0 Å². The summed E-state index contributed by atoms with van der Waals surface area (Å²) in [6.07, 6.45) is 0. The van der Waals surface area contributed by atoms with Crippen molar-refractivity contribution in [1.29, 1.82) is 0 Å². The number of carbonyl (C=O) groups excluding carboxylic acids is 2. The van der Waals surface area contributed by atoms with Gasteiger partial charge in [-0.2, -0.15) is 0 Å². The van der Waals surface area contributed by atoms with Gasteiger partial charge >= 0.3 is 0 Å². The van der Waals surface area contributed by atoms with Gasteiger partial charge in [0.1, 0.15) is 0 Å². The van der Waals surface area contributed by atoms with E-state index in [4.69, 9.17) is 0 Å². The first-order valence-corrected chi connectivity index (χ1v) is 10.2. The Bertz CT molecular complexity index is 1010. The van der Waals surface area contributed by atoms with Gasteiger partial charge in [-0.05, 0) is 49.7 Å². The first-order chi connectivity index (χ1) is 13.9. The van der Waals surface area contributed by atoms with Crippen molar-refractivity contribution in [2.45, 2.75) is 37.1 Å². The van der Waals surface area contributed by atoms with Crippen molar-refractivity contribution in [2.75, 3.05) is 5.32 Å². The Morgan fingerprint density at radius 1 is 0.862 bits per heavy atom. The third-order valence-electron chi connectivity index (χ3n) is 4.37. The number of benzene rings is 3. The van der Waals surface area contributed by atoms with Crippen molar-refractivity contribution < 1.29 is 9.59 Å². The summed E-state index contributed by atoms with van der Waals surface area (Å²) in [5.74, 6) is -0.350. The molecule has 0 atom stereocenters. The minimum Gasteiger partial charge on any atom is -0.348 e. The van der Waals surface area contributed by atoms with Crippen molar-refractivity contribution in [2.24, 2.45) is 0 Å². The molecule has 148 valence electrons. The van der Waals surface area contributed by atoms with Gasteiger partial charge in [-0.25, -0.2) is 0 Å². The Morgan fingerprint density at radius 2 is 1.48 bits per heavy atom. The Morgan fingerprint density at radius 3 is 2.10 bits per heavy atom. The molecule has 0 aliphatic heterocycles. The predicted molar refractivity (Wildman–Crippen MR) is 118 cm³/mol. The second-order valence-electron chi connectivity index (χ2n) is 6.98. The van der Waals surface area contributed by atoms with E-state index in [1.165, 1.54) is 18.1 Å². The van der Waals surface area contributed by atoms with Crippen LogP contribution < -0.4 is 10.6 Å². The first-order valence-electron chi connectivity index (χ1n) is 9.40. The highest BCUT2D eigenvalue weighted by atomic mass is 32.2. The molecule has 3 aromatic rings. The van der Waals surface area contributed by atoms with Crippen LogP contribution in [0.5, 0.6) is 0 Å². The van der Waals surface area contributed by atoms with Crippen LogP contribution in [0, 0.1) is 13.8 Å². The number of carbonyl (C=O) groups is 2. The average molecular weight is 405 g/mol. The summed E-state index contributed by atoms with van der Waals surface area (Å²) in [4.78, 5) is 26.2. The third-order valence-corrected chi connectivity index (χ3v) is 5.46. The van der Waals surface area contributed by atoms with Gasteiger partial charge in [0.2, 0.25) is 5.91 Å². The van der Waals surface area contributed by atoms with E-state index in [0.717, 1.165) is 15.4 Å². The summed E-state index contributed by atoms with van der Waals surface area (Å²) in [6.45, 7) is 5.99. The van der Waals surface area contributed by atoms with Gasteiger partial charge in [0, 0.05) is 28.8 Å². The molecule has 2 N–H and O–H groups in total. The molecule has 29 heavy (non-hydrogen) atoms. The molecule has 0 aromatic heterocycles. The fourth-order valence-corrected chi connectivity index (χ4v) is 3.65. The number of hydrogen-bond donors (Lipinski definition) is 2. The molecule has 0 heterocycles. The number of anilines is 1. The molecule has 3 aromatic carbocycles. The summed E-state index contributed by atoms with van der Waals surface area (Å²) in [5, 5.41) is 5.77. The second kappa shape index (κ2) is 9.43. The molecule has 5 heteroatoms. The van der Waals surface area contributed by atoms with Crippen LogP contribution in [-0.2, 0) is 11.3 Å². The van der Waals surface area contributed by atoms with Gasteiger partial charge < -0.3 is 10.6 Å². The summed E-state index contributed by atoms with van der Waals surface area (Å²) in [5.41, 5.74) is 4.55. The number of nitrogens with one attached hydrogen (secondary N) is 2. The van der Waals surface area contributed by atoms with Crippen molar-refractivity contribution in [3.8, 4) is 0 Å². The predicted octanol–water partition coefficient (Wildman–Crippen LogP) is 5.34. The highest BCUT2D eigenvalue weighted by Crippen LogP contribution is 2.34. The number of aryl methyl sites for hydroxylation is 2. The van der Waals surface area contributed by atoms with E-state index in [1.54, 1.807) is 23.9 Å². The third kappa shape index (κ3) is 5.96. The normalized spacial score (nSPS) is 10.4. The molecule has 0 saturated carbocycles. The Balaban J connectivity index is 1.76. The maximum atomic E-state index is 12.6. The van der Waals surface area contributed by atoms with Crippen LogP contribution >= 0.6 is 11.8 Å². The van der Waals surface area contributed by atoms with Gasteiger partial charge in [-0.15, -0.1) is 0 Å². The Labute approximate surface area is 175 Å². The van der Waals surface area contributed by atoms with E-state index in [-0.39, 0.29) is 11.8 Å². The molecular weight excluding hydrogens is 380 g/mol. The van der Waals surface area contributed by atoms with Crippen LogP contribution in [0.2, 0.25) is 0 Å².